The summed E-state index contributed by atoms with van der Waals surface area (Å²) >= 11 is 6.21. The van der Waals surface area contributed by atoms with Crippen LogP contribution in [0.5, 0.6) is 0 Å². The molecule has 0 saturated carbocycles. The first kappa shape index (κ1) is 13.6. The van der Waals surface area contributed by atoms with Crippen LogP contribution in [-0.4, -0.2) is 26.1 Å². The number of carboxylic acid groups (broad SMARTS) is 1. The molecule has 1 unspecified atom stereocenters. The molecular weight excluding hydrogens is 290 g/mol. The van der Waals surface area contributed by atoms with E-state index in [0.29, 0.717) is 16.1 Å². The summed E-state index contributed by atoms with van der Waals surface area (Å²) in [5.74, 6) is -1.00. The number of aromatic carboxylic acids is 1. The van der Waals surface area contributed by atoms with Crippen molar-refractivity contribution in [1.29, 1.82) is 0 Å². The standard InChI is InChI=1S/C15H12ClN3O2/c1-9(10-5-2-3-7-12(10)16)19-14-11(15(20)21)6-4-8-13(14)17-18-19/h2-9H,1H3,(H,20,21). The highest BCUT2D eigenvalue weighted by Crippen LogP contribution is 2.28. The van der Waals surface area contributed by atoms with Gasteiger partial charge in [0.15, 0.2) is 0 Å². The van der Waals surface area contributed by atoms with Crippen molar-refractivity contribution < 1.29 is 9.90 Å². The largest absolute Gasteiger partial charge is 0.478 e. The Balaban J connectivity index is 2.21. The number of halogens is 1. The molecule has 0 fully saturated rings. The molecule has 3 aromatic rings. The maximum Gasteiger partial charge on any atom is 0.337 e. The van der Waals surface area contributed by atoms with Crippen molar-refractivity contribution in [3.63, 3.8) is 0 Å². The van der Waals surface area contributed by atoms with E-state index >= 15 is 0 Å². The maximum absolute atomic E-state index is 11.4. The maximum atomic E-state index is 11.4. The van der Waals surface area contributed by atoms with E-state index in [1.54, 1.807) is 28.9 Å². The number of aromatic nitrogens is 3. The lowest BCUT2D eigenvalue weighted by Crippen LogP contribution is -2.11. The summed E-state index contributed by atoms with van der Waals surface area (Å²) in [4.78, 5) is 11.4. The monoisotopic (exact) mass is 301 g/mol. The number of carbonyl (C=O) groups is 1. The minimum atomic E-state index is -1.00. The second kappa shape index (κ2) is 5.18. The normalized spacial score (nSPS) is 12.5. The summed E-state index contributed by atoms with van der Waals surface area (Å²) in [6.07, 6.45) is 0. The van der Waals surface area contributed by atoms with Gasteiger partial charge in [0.05, 0.1) is 11.6 Å². The number of benzene rings is 2. The van der Waals surface area contributed by atoms with Gasteiger partial charge in [-0.15, -0.1) is 5.10 Å². The number of fused-ring (bicyclic) bond motifs is 1. The van der Waals surface area contributed by atoms with Crippen molar-refractivity contribution in [3.05, 3.63) is 58.6 Å². The average molecular weight is 302 g/mol. The third-order valence-corrected chi connectivity index (χ3v) is 3.79. The van der Waals surface area contributed by atoms with Gasteiger partial charge < -0.3 is 5.11 Å². The van der Waals surface area contributed by atoms with Crippen LogP contribution in [0.3, 0.4) is 0 Å². The number of nitrogens with zero attached hydrogens (tertiary/aromatic N) is 3. The van der Waals surface area contributed by atoms with Crippen LogP contribution in [-0.2, 0) is 0 Å². The fraction of sp³-hybridized carbons (Fsp3) is 0.133. The van der Waals surface area contributed by atoms with Crippen LogP contribution in [0.2, 0.25) is 5.02 Å². The Labute approximate surface area is 125 Å². The van der Waals surface area contributed by atoms with Crippen molar-refractivity contribution in [3.8, 4) is 0 Å². The Morgan fingerprint density at radius 2 is 2.00 bits per heavy atom. The third kappa shape index (κ3) is 2.25. The Morgan fingerprint density at radius 3 is 2.71 bits per heavy atom. The molecule has 0 bridgehead atoms. The van der Waals surface area contributed by atoms with E-state index in [9.17, 15) is 9.90 Å². The number of carboxylic acids is 1. The van der Waals surface area contributed by atoms with E-state index in [0.717, 1.165) is 5.56 Å². The number of hydrogen-bond acceptors (Lipinski definition) is 3. The molecule has 1 N–H and O–H groups in total. The Bertz CT molecular complexity index is 829. The van der Waals surface area contributed by atoms with Gasteiger partial charge in [-0.3, -0.25) is 0 Å². The summed E-state index contributed by atoms with van der Waals surface area (Å²) in [5, 5.41) is 18.1. The van der Waals surface area contributed by atoms with Gasteiger partial charge in [-0.1, -0.05) is 41.1 Å². The topological polar surface area (TPSA) is 68.0 Å². The first-order chi connectivity index (χ1) is 10.1. The van der Waals surface area contributed by atoms with Gasteiger partial charge in [0.25, 0.3) is 0 Å². The fourth-order valence-corrected chi connectivity index (χ4v) is 2.68. The molecule has 21 heavy (non-hydrogen) atoms. The van der Waals surface area contributed by atoms with E-state index in [1.165, 1.54) is 0 Å². The minimum absolute atomic E-state index is 0.177. The first-order valence-corrected chi connectivity index (χ1v) is 6.79. The van der Waals surface area contributed by atoms with Gasteiger partial charge in [0, 0.05) is 5.02 Å². The summed E-state index contributed by atoms with van der Waals surface area (Å²) in [6.45, 7) is 1.91. The zero-order valence-electron chi connectivity index (χ0n) is 11.2. The lowest BCUT2D eigenvalue weighted by atomic mass is 10.1. The highest BCUT2D eigenvalue weighted by molar-refractivity contribution is 6.31. The van der Waals surface area contributed by atoms with Crippen LogP contribution in [0.15, 0.2) is 42.5 Å². The van der Waals surface area contributed by atoms with Crippen molar-refractivity contribution >= 4 is 28.6 Å². The lowest BCUT2D eigenvalue weighted by molar-refractivity contribution is 0.0698. The van der Waals surface area contributed by atoms with E-state index in [-0.39, 0.29) is 11.6 Å². The van der Waals surface area contributed by atoms with Gasteiger partial charge in [0.1, 0.15) is 11.0 Å². The molecule has 106 valence electrons. The predicted octanol–water partition coefficient (Wildman–Crippen LogP) is 3.39. The highest BCUT2D eigenvalue weighted by Gasteiger charge is 2.20. The Morgan fingerprint density at radius 1 is 1.24 bits per heavy atom. The van der Waals surface area contributed by atoms with Crippen LogP contribution in [0.1, 0.15) is 28.9 Å². The number of para-hydroxylation sites is 1. The smallest absolute Gasteiger partial charge is 0.337 e. The highest BCUT2D eigenvalue weighted by atomic mass is 35.5. The number of rotatable bonds is 3. The van der Waals surface area contributed by atoms with Crippen LogP contribution < -0.4 is 0 Å². The van der Waals surface area contributed by atoms with Gasteiger partial charge in [-0.05, 0) is 30.7 Å². The first-order valence-electron chi connectivity index (χ1n) is 6.41. The van der Waals surface area contributed by atoms with Crippen LogP contribution >= 0.6 is 11.6 Å². The molecule has 0 aliphatic rings. The minimum Gasteiger partial charge on any atom is -0.478 e. The van der Waals surface area contributed by atoms with Gasteiger partial charge >= 0.3 is 5.97 Å². The summed E-state index contributed by atoms with van der Waals surface area (Å²) < 4.78 is 1.60. The van der Waals surface area contributed by atoms with Crippen LogP contribution in [0, 0.1) is 0 Å². The van der Waals surface area contributed by atoms with Crippen molar-refractivity contribution in [2.75, 3.05) is 0 Å². The van der Waals surface area contributed by atoms with Gasteiger partial charge in [-0.25, -0.2) is 9.48 Å². The van der Waals surface area contributed by atoms with Crippen LogP contribution in [0.4, 0.5) is 0 Å². The second-order valence-electron chi connectivity index (χ2n) is 4.71. The summed E-state index contributed by atoms with van der Waals surface area (Å²) in [6, 6.07) is 12.1. The quantitative estimate of drug-likeness (QED) is 0.805. The molecule has 2 aromatic carbocycles. The molecule has 1 atom stereocenters. The van der Waals surface area contributed by atoms with Crippen molar-refractivity contribution in [2.24, 2.45) is 0 Å². The average Bonchev–Trinajstić information content (AvgIpc) is 2.90. The van der Waals surface area contributed by atoms with Crippen molar-refractivity contribution in [2.45, 2.75) is 13.0 Å². The molecule has 0 saturated heterocycles. The Kier molecular flexibility index (Phi) is 3.35. The molecule has 0 aliphatic heterocycles. The molecular formula is C15H12ClN3O2. The summed E-state index contributed by atoms with van der Waals surface area (Å²) in [5.41, 5.74) is 2.09. The van der Waals surface area contributed by atoms with E-state index in [4.69, 9.17) is 11.6 Å². The zero-order valence-corrected chi connectivity index (χ0v) is 11.9. The molecule has 0 amide bonds. The Hall–Kier alpha value is -2.40. The molecule has 3 rings (SSSR count). The lowest BCUT2D eigenvalue weighted by Gasteiger charge is -2.15. The van der Waals surface area contributed by atoms with Gasteiger partial charge in [-0.2, -0.15) is 0 Å². The predicted molar refractivity (Wildman–Crippen MR) is 79.8 cm³/mol. The number of hydrogen-bond donors (Lipinski definition) is 1. The SMILES string of the molecule is CC(c1ccccc1Cl)n1nnc2cccc(C(=O)O)c21. The molecule has 5 nitrogen and oxygen atoms in total. The molecule has 6 heteroatoms. The fourth-order valence-electron chi connectivity index (χ4n) is 2.38. The van der Waals surface area contributed by atoms with Gasteiger partial charge in [0.2, 0.25) is 0 Å². The molecule has 0 aliphatic carbocycles. The molecule has 0 spiro atoms. The molecule has 1 aromatic heterocycles. The van der Waals surface area contributed by atoms with Crippen LogP contribution in [0.25, 0.3) is 11.0 Å². The summed E-state index contributed by atoms with van der Waals surface area (Å²) in [7, 11) is 0. The van der Waals surface area contributed by atoms with E-state index in [2.05, 4.69) is 10.3 Å². The van der Waals surface area contributed by atoms with E-state index in [1.807, 2.05) is 25.1 Å². The molecule has 0 radical (unpaired) electrons. The van der Waals surface area contributed by atoms with Crippen molar-refractivity contribution in [1.82, 2.24) is 15.0 Å². The zero-order chi connectivity index (χ0) is 15.0. The third-order valence-electron chi connectivity index (χ3n) is 3.45. The second-order valence-corrected chi connectivity index (χ2v) is 5.12. The van der Waals surface area contributed by atoms with E-state index < -0.39 is 5.97 Å². The molecule has 1 heterocycles.